The molecule has 0 heterocycles. The smallest absolute Gasteiger partial charge is 0.353 e. The normalized spacial score (nSPS) is 12.9. The van der Waals surface area contributed by atoms with Crippen LogP contribution in [0.3, 0.4) is 0 Å². The second kappa shape index (κ2) is 7.42. The summed E-state index contributed by atoms with van der Waals surface area (Å²) < 4.78 is 20.3. The van der Waals surface area contributed by atoms with E-state index in [-0.39, 0.29) is 0 Å². The molecule has 0 unspecified atom stereocenters. The highest BCUT2D eigenvalue weighted by molar-refractivity contribution is 6.27. The van der Waals surface area contributed by atoms with E-state index in [2.05, 4.69) is 0 Å². The van der Waals surface area contributed by atoms with Gasteiger partial charge >= 0.3 is 6.16 Å². The lowest BCUT2D eigenvalue weighted by Crippen LogP contribution is -2.40. The van der Waals surface area contributed by atoms with Crippen molar-refractivity contribution in [1.29, 1.82) is 0 Å². The van der Waals surface area contributed by atoms with E-state index >= 15 is 0 Å². The number of methoxy groups -OCH3 is 3. The van der Waals surface area contributed by atoms with Crippen LogP contribution < -0.4 is 5.73 Å². The Hall–Kier alpha value is 0.0169. The van der Waals surface area contributed by atoms with Crippen LogP contribution >= 0.6 is 0 Å². The first-order chi connectivity index (χ1) is 6.24. The summed E-state index contributed by atoms with van der Waals surface area (Å²) in [7, 11) is 3.74. The maximum absolute atomic E-state index is 5.40. The van der Waals surface area contributed by atoms with Crippen LogP contribution in [0.5, 0.6) is 0 Å². The predicted molar refractivity (Wildman–Crippen MR) is 51.9 cm³/mol. The second-order valence-electron chi connectivity index (χ2n) is 2.46. The zero-order valence-corrected chi connectivity index (χ0v) is 9.95. The topological polar surface area (TPSA) is 62.9 Å². The molecule has 0 atom stereocenters. The molecule has 0 radical (unpaired) electrons. The van der Waals surface area contributed by atoms with Gasteiger partial charge < -0.3 is 24.4 Å². The third-order valence-electron chi connectivity index (χ3n) is 1.63. The number of hydrogen-bond donors (Lipinski definition) is 1. The van der Waals surface area contributed by atoms with Crippen molar-refractivity contribution in [2.24, 2.45) is 5.73 Å². The van der Waals surface area contributed by atoms with Crippen LogP contribution in [0.4, 0.5) is 0 Å². The highest BCUT2D eigenvalue weighted by atomic mass is 28.2. The van der Waals surface area contributed by atoms with Crippen molar-refractivity contribution in [2.45, 2.75) is 18.6 Å². The Labute approximate surface area is 81.4 Å². The summed E-state index contributed by atoms with van der Waals surface area (Å²) in [6, 6.07) is 0.994. The molecule has 0 aromatic rings. The molecule has 80 valence electrons. The Bertz CT molecular complexity index is 113. The van der Waals surface area contributed by atoms with Gasteiger partial charge in [-0.05, 0) is 19.0 Å². The zero-order valence-electron chi connectivity index (χ0n) is 8.54. The van der Waals surface area contributed by atoms with E-state index in [0.717, 1.165) is 12.5 Å². The van der Waals surface area contributed by atoms with Gasteiger partial charge in [0.15, 0.2) is 9.76 Å². The third-order valence-corrected chi connectivity index (χ3v) is 2.97. The van der Waals surface area contributed by atoms with Crippen molar-refractivity contribution in [3.05, 3.63) is 0 Å². The Morgan fingerprint density at radius 1 is 1.15 bits per heavy atom. The van der Waals surface area contributed by atoms with Crippen molar-refractivity contribution in [1.82, 2.24) is 0 Å². The minimum Gasteiger partial charge on any atom is -0.353 e. The molecular formula is C7H19NO4Si. The molecule has 0 bridgehead atoms. The molecule has 0 aromatic carbocycles. The summed E-state index contributed by atoms with van der Waals surface area (Å²) in [6.45, 7) is 0.691. The van der Waals surface area contributed by atoms with Gasteiger partial charge in [-0.2, -0.15) is 0 Å². The van der Waals surface area contributed by atoms with Crippen molar-refractivity contribution < 1.29 is 18.6 Å². The van der Waals surface area contributed by atoms with E-state index in [1.807, 2.05) is 0 Å². The Balaban J connectivity index is 3.68. The quantitative estimate of drug-likeness (QED) is 0.329. The summed E-state index contributed by atoms with van der Waals surface area (Å²) in [4.78, 5) is 0. The van der Waals surface area contributed by atoms with Crippen molar-refractivity contribution in [3.63, 3.8) is 0 Å². The zero-order chi connectivity index (χ0) is 10.2. The molecule has 0 aromatic heterocycles. The van der Waals surface area contributed by atoms with Crippen LogP contribution in [0.25, 0.3) is 0 Å². The monoisotopic (exact) mass is 209 g/mol. The maximum Gasteiger partial charge on any atom is 0.401 e. The number of rotatable bonds is 8. The summed E-state index contributed by atoms with van der Waals surface area (Å²) >= 11 is 0. The molecule has 0 aliphatic heterocycles. The van der Waals surface area contributed by atoms with Gasteiger partial charge in [0.05, 0.1) is 0 Å². The molecule has 0 amide bonds. The van der Waals surface area contributed by atoms with Gasteiger partial charge in [-0.15, -0.1) is 0 Å². The average molecular weight is 209 g/mol. The highest BCUT2D eigenvalue weighted by Crippen LogP contribution is 2.13. The van der Waals surface area contributed by atoms with Gasteiger partial charge in [-0.1, -0.05) is 0 Å². The van der Waals surface area contributed by atoms with E-state index in [1.54, 1.807) is 0 Å². The molecule has 0 aliphatic carbocycles. The van der Waals surface area contributed by atoms with Crippen molar-refractivity contribution in [2.75, 3.05) is 27.9 Å². The minimum absolute atomic E-state index is 0.691. The van der Waals surface area contributed by atoms with Crippen LogP contribution in [0, 0.1) is 0 Å². The van der Waals surface area contributed by atoms with Gasteiger partial charge in [-0.25, -0.2) is 0 Å². The third kappa shape index (κ3) is 4.70. The SMILES string of the molecule is COC(OC)(OC)O[SiH2]CCCN. The Kier molecular flexibility index (Phi) is 7.43. The van der Waals surface area contributed by atoms with Gasteiger partial charge in [0.2, 0.25) is 0 Å². The fraction of sp³-hybridized carbons (Fsp3) is 1.00. The predicted octanol–water partition coefficient (Wildman–Crippen LogP) is -0.596. The molecule has 0 rings (SSSR count). The van der Waals surface area contributed by atoms with Crippen molar-refractivity contribution >= 4 is 9.76 Å². The van der Waals surface area contributed by atoms with E-state index in [4.69, 9.17) is 24.4 Å². The molecule has 2 N–H and O–H groups in total. The Morgan fingerprint density at radius 2 is 1.69 bits per heavy atom. The molecule has 0 saturated heterocycles. The molecule has 6 heteroatoms. The second-order valence-corrected chi connectivity index (χ2v) is 3.86. The first kappa shape index (κ1) is 13.0. The standard InChI is InChI=1S/C7H19NO4Si/c1-9-7(10-2,11-3)12-13-6-4-5-8/h4-6,8,13H2,1-3H3. The average Bonchev–Trinajstić information content (AvgIpc) is 2.20. The van der Waals surface area contributed by atoms with Crippen LogP contribution in [-0.4, -0.2) is 43.8 Å². The first-order valence-electron chi connectivity index (χ1n) is 4.24. The summed E-state index contributed by atoms with van der Waals surface area (Å²) in [6.07, 6.45) is -0.333. The lowest BCUT2D eigenvalue weighted by atomic mass is 10.5. The summed E-state index contributed by atoms with van der Waals surface area (Å²) in [5.41, 5.74) is 5.35. The summed E-state index contributed by atoms with van der Waals surface area (Å²) in [5.74, 6) is 0. The van der Waals surface area contributed by atoms with Gasteiger partial charge in [-0.3, -0.25) is 0 Å². The number of ether oxygens (including phenoxy) is 3. The fourth-order valence-corrected chi connectivity index (χ4v) is 2.11. The minimum atomic E-state index is -1.30. The van der Waals surface area contributed by atoms with E-state index in [1.165, 1.54) is 21.3 Å². The molecule has 0 aliphatic rings. The number of nitrogens with two attached hydrogens (primary N) is 1. The fourth-order valence-electron chi connectivity index (χ4n) is 0.870. The molecule has 5 nitrogen and oxygen atoms in total. The van der Waals surface area contributed by atoms with Gasteiger partial charge in [0.25, 0.3) is 0 Å². The molecular weight excluding hydrogens is 190 g/mol. The Morgan fingerprint density at radius 3 is 2.08 bits per heavy atom. The largest absolute Gasteiger partial charge is 0.401 e. The van der Waals surface area contributed by atoms with E-state index < -0.39 is 15.9 Å². The summed E-state index contributed by atoms with van der Waals surface area (Å²) in [5, 5.41) is 0. The van der Waals surface area contributed by atoms with E-state index in [9.17, 15) is 0 Å². The number of hydrogen-bond acceptors (Lipinski definition) is 5. The van der Waals surface area contributed by atoms with Crippen molar-refractivity contribution in [3.8, 4) is 0 Å². The highest BCUT2D eigenvalue weighted by Gasteiger charge is 2.30. The molecule has 0 fully saturated rings. The lowest BCUT2D eigenvalue weighted by Gasteiger charge is -2.27. The molecule has 0 spiro atoms. The van der Waals surface area contributed by atoms with Gasteiger partial charge in [0.1, 0.15) is 0 Å². The maximum atomic E-state index is 5.40. The van der Waals surface area contributed by atoms with Gasteiger partial charge in [0, 0.05) is 21.3 Å². The van der Waals surface area contributed by atoms with Crippen LogP contribution in [0.1, 0.15) is 6.42 Å². The van der Waals surface area contributed by atoms with Crippen LogP contribution in [-0.2, 0) is 18.6 Å². The van der Waals surface area contributed by atoms with Crippen LogP contribution in [0.2, 0.25) is 6.04 Å². The molecule has 13 heavy (non-hydrogen) atoms. The van der Waals surface area contributed by atoms with E-state index in [0.29, 0.717) is 6.54 Å². The van der Waals surface area contributed by atoms with Crippen LogP contribution in [0.15, 0.2) is 0 Å². The first-order valence-corrected chi connectivity index (χ1v) is 5.82. The lowest BCUT2D eigenvalue weighted by molar-refractivity contribution is -0.450. The molecule has 0 saturated carbocycles.